The zero-order valence-electron chi connectivity index (χ0n) is 7.46. The van der Waals surface area contributed by atoms with Crippen molar-refractivity contribution in [3.05, 3.63) is 12.2 Å². The highest BCUT2D eigenvalue weighted by atomic mass is 16.3. The van der Waals surface area contributed by atoms with Crippen LogP contribution in [0.25, 0.3) is 0 Å². The Hall–Kier alpha value is -0.300. The molecule has 0 aromatic rings. The van der Waals surface area contributed by atoms with Gasteiger partial charge < -0.3 is 5.11 Å². The highest BCUT2D eigenvalue weighted by molar-refractivity contribution is 4.98. The lowest BCUT2D eigenvalue weighted by atomic mass is 9.83. The zero-order valence-corrected chi connectivity index (χ0v) is 7.46. The molecule has 11 heavy (non-hydrogen) atoms. The Balaban J connectivity index is 2.42. The number of rotatable bonds is 2. The summed E-state index contributed by atoms with van der Waals surface area (Å²) in [5.74, 6) is 1.94. The minimum absolute atomic E-state index is 0.321. The quantitative estimate of drug-likeness (QED) is 0.605. The number of aliphatic hydroxyl groups is 1. The number of allylic oxidation sites excluding steroid dienone is 1. The van der Waals surface area contributed by atoms with E-state index >= 15 is 0 Å². The first kappa shape index (κ1) is 8.79. The van der Waals surface area contributed by atoms with Gasteiger partial charge in [-0.05, 0) is 30.6 Å². The predicted octanol–water partition coefficient (Wildman–Crippen LogP) is 2.22. The van der Waals surface area contributed by atoms with Crippen LogP contribution >= 0.6 is 0 Å². The van der Waals surface area contributed by atoms with E-state index in [-0.39, 0.29) is 0 Å². The Morgan fingerprint density at radius 3 is 2.45 bits per heavy atom. The molecule has 0 amide bonds. The molecule has 1 rings (SSSR count). The first-order chi connectivity index (χ1) is 5.24. The van der Waals surface area contributed by atoms with E-state index in [9.17, 15) is 0 Å². The van der Waals surface area contributed by atoms with Gasteiger partial charge in [-0.1, -0.05) is 26.0 Å². The van der Waals surface area contributed by atoms with Crippen molar-refractivity contribution in [2.75, 3.05) is 6.61 Å². The van der Waals surface area contributed by atoms with Crippen molar-refractivity contribution in [3.8, 4) is 0 Å². The molecule has 2 atom stereocenters. The van der Waals surface area contributed by atoms with Crippen LogP contribution in [0.3, 0.4) is 0 Å². The van der Waals surface area contributed by atoms with Crippen molar-refractivity contribution in [1.29, 1.82) is 0 Å². The second-order valence-corrected chi connectivity index (χ2v) is 3.81. The number of aliphatic hydroxyl groups excluding tert-OH is 1. The lowest BCUT2D eigenvalue weighted by molar-refractivity contribution is 0.228. The fourth-order valence-corrected chi connectivity index (χ4v) is 1.61. The SMILES string of the molecule is CC(C)[C@H]1C=C[C@H](CO)CC1. The summed E-state index contributed by atoms with van der Waals surface area (Å²) in [6.45, 7) is 4.84. The van der Waals surface area contributed by atoms with Crippen molar-refractivity contribution in [3.63, 3.8) is 0 Å². The summed E-state index contributed by atoms with van der Waals surface area (Å²) >= 11 is 0. The van der Waals surface area contributed by atoms with Gasteiger partial charge >= 0.3 is 0 Å². The van der Waals surface area contributed by atoms with Gasteiger partial charge in [-0.2, -0.15) is 0 Å². The molecule has 1 heteroatoms. The van der Waals surface area contributed by atoms with Crippen LogP contribution < -0.4 is 0 Å². The lowest BCUT2D eigenvalue weighted by Crippen LogP contribution is -2.15. The number of hydrogen-bond acceptors (Lipinski definition) is 1. The third-order valence-electron chi connectivity index (χ3n) is 2.59. The highest BCUT2D eigenvalue weighted by Crippen LogP contribution is 2.26. The Kier molecular flexibility index (Phi) is 3.13. The minimum atomic E-state index is 0.321. The lowest BCUT2D eigenvalue weighted by Gasteiger charge is -2.23. The van der Waals surface area contributed by atoms with E-state index in [4.69, 9.17) is 5.11 Å². The monoisotopic (exact) mass is 154 g/mol. The second-order valence-electron chi connectivity index (χ2n) is 3.81. The van der Waals surface area contributed by atoms with Crippen LogP contribution in [0, 0.1) is 17.8 Å². The predicted molar refractivity (Wildman–Crippen MR) is 47.3 cm³/mol. The van der Waals surface area contributed by atoms with Gasteiger partial charge in [-0.3, -0.25) is 0 Å². The molecule has 64 valence electrons. The van der Waals surface area contributed by atoms with Crippen LogP contribution in [-0.4, -0.2) is 11.7 Å². The topological polar surface area (TPSA) is 20.2 Å². The van der Waals surface area contributed by atoms with Crippen LogP contribution in [-0.2, 0) is 0 Å². The molecule has 0 unspecified atom stereocenters. The summed E-state index contributed by atoms with van der Waals surface area (Å²) in [7, 11) is 0. The Morgan fingerprint density at radius 1 is 1.36 bits per heavy atom. The van der Waals surface area contributed by atoms with Crippen molar-refractivity contribution < 1.29 is 5.11 Å². The standard InChI is InChI=1S/C10H18O/c1-8(2)10-5-3-9(7-11)4-6-10/h3,5,8-11H,4,6-7H2,1-2H3/t9-,10-/m0/s1. The summed E-state index contributed by atoms with van der Waals surface area (Å²) in [4.78, 5) is 0. The third-order valence-corrected chi connectivity index (χ3v) is 2.59. The zero-order chi connectivity index (χ0) is 8.27. The van der Waals surface area contributed by atoms with Gasteiger partial charge in [0.2, 0.25) is 0 Å². The molecule has 0 aliphatic heterocycles. The molecule has 0 heterocycles. The molecule has 0 aromatic heterocycles. The van der Waals surface area contributed by atoms with E-state index in [1.54, 1.807) is 0 Å². The van der Waals surface area contributed by atoms with Gasteiger partial charge in [0.15, 0.2) is 0 Å². The Labute approximate surface area is 69.1 Å². The molecule has 0 radical (unpaired) electrons. The summed E-state index contributed by atoms with van der Waals surface area (Å²) < 4.78 is 0. The number of hydrogen-bond donors (Lipinski definition) is 1. The van der Waals surface area contributed by atoms with Gasteiger partial charge in [0.1, 0.15) is 0 Å². The molecular formula is C10H18O. The fourth-order valence-electron chi connectivity index (χ4n) is 1.61. The normalized spacial score (nSPS) is 31.3. The largest absolute Gasteiger partial charge is 0.396 e. The van der Waals surface area contributed by atoms with Gasteiger partial charge in [0, 0.05) is 6.61 Å². The Bertz CT molecular complexity index is 138. The van der Waals surface area contributed by atoms with E-state index in [1.807, 2.05) is 0 Å². The molecule has 0 saturated heterocycles. The van der Waals surface area contributed by atoms with Crippen LogP contribution in [0.15, 0.2) is 12.2 Å². The average Bonchev–Trinajstić information content (AvgIpc) is 2.05. The Morgan fingerprint density at radius 2 is 2.09 bits per heavy atom. The first-order valence-electron chi connectivity index (χ1n) is 4.53. The molecule has 0 saturated carbocycles. The highest BCUT2D eigenvalue weighted by Gasteiger charge is 2.16. The van der Waals surface area contributed by atoms with E-state index in [1.165, 1.54) is 6.42 Å². The van der Waals surface area contributed by atoms with Crippen LogP contribution in [0.2, 0.25) is 0 Å². The van der Waals surface area contributed by atoms with Gasteiger partial charge in [-0.25, -0.2) is 0 Å². The van der Waals surface area contributed by atoms with Crippen LogP contribution in [0.4, 0.5) is 0 Å². The van der Waals surface area contributed by atoms with Crippen molar-refractivity contribution in [2.45, 2.75) is 26.7 Å². The molecule has 0 fully saturated rings. The molecule has 0 spiro atoms. The summed E-state index contributed by atoms with van der Waals surface area (Å²) in [5, 5.41) is 8.86. The van der Waals surface area contributed by atoms with Crippen molar-refractivity contribution >= 4 is 0 Å². The molecule has 1 nitrogen and oxygen atoms in total. The second kappa shape index (κ2) is 3.91. The van der Waals surface area contributed by atoms with Gasteiger partial charge in [0.25, 0.3) is 0 Å². The summed E-state index contributed by atoms with van der Waals surface area (Å²) in [6, 6.07) is 0. The molecule has 0 aromatic carbocycles. The van der Waals surface area contributed by atoms with E-state index in [0.717, 1.165) is 18.3 Å². The molecule has 1 aliphatic rings. The van der Waals surface area contributed by atoms with Gasteiger partial charge in [-0.15, -0.1) is 0 Å². The van der Waals surface area contributed by atoms with E-state index < -0.39 is 0 Å². The maximum absolute atomic E-state index is 8.86. The van der Waals surface area contributed by atoms with Gasteiger partial charge in [0.05, 0.1) is 0 Å². The molecule has 1 N–H and O–H groups in total. The summed E-state index contributed by atoms with van der Waals surface area (Å²) in [6.07, 6.45) is 6.86. The van der Waals surface area contributed by atoms with Crippen molar-refractivity contribution in [2.24, 2.45) is 17.8 Å². The van der Waals surface area contributed by atoms with Crippen molar-refractivity contribution in [1.82, 2.24) is 0 Å². The van der Waals surface area contributed by atoms with E-state index in [2.05, 4.69) is 26.0 Å². The van der Waals surface area contributed by atoms with Crippen LogP contribution in [0.5, 0.6) is 0 Å². The third kappa shape index (κ3) is 2.33. The molecule has 1 aliphatic carbocycles. The minimum Gasteiger partial charge on any atom is -0.396 e. The maximum atomic E-state index is 8.86. The van der Waals surface area contributed by atoms with Crippen LogP contribution in [0.1, 0.15) is 26.7 Å². The fraction of sp³-hybridized carbons (Fsp3) is 0.800. The first-order valence-corrected chi connectivity index (χ1v) is 4.53. The molecule has 0 bridgehead atoms. The maximum Gasteiger partial charge on any atom is 0.0493 e. The molecular weight excluding hydrogens is 136 g/mol. The summed E-state index contributed by atoms with van der Waals surface area (Å²) in [5.41, 5.74) is 0. The smallest absolute Gasteiger partial charge is 0.0493 e. The average molecular weight is 154 g/mol. The van der Waals surface area contributed by atoms with E-state index in [0.29, 0.717) is 12.5 Å².